The third-order valence-corrected chi connectivity index (χ3v) is 9.92. The topological polar surface area (TPSA) is 3.24 Å². The molecule has 0 radical (unpaired) electrons. The van der Waals surface area contributed by atoms with Crippen molar-refractivity contribution in [3.05, 3.63) is 82.7 Å². The number of fused-ring (bicyclic) bond motifs is 4. The van der Waals surface area contributed by atoms with Gasteiger partial charge in [0.25, 0.3) is 0 Å². The molecule has 0 aliphatic heterocycles. The van der Waals surface area contributed by atoms with Crippen LogP contribution in [0.4, 0.5) is 11.4 Å². The van der Waals surface area contributed by atoms with E-state index in [-0.39, 0.29) is 16.4 Å². The lowest BCUT2D eigenvalue weighted by Gasteiger charge is -2.41. The Kier molecular flexibility index (Phi) is 6.55. The number of thiophene rings is 1. The molecule has 0 atom stereocenters. The molecule has 0 unspecified atom stereocenters. The summed E-state index contributed by atoms with van der Waals surface area (Å²) >= 11 is 1.82. The number of rotatable bonds is 8. The summed E-state index contributed by atoms with van der Waals surface area (Å²) in [5, 5.41) is 3.53. The van der Waals surface area contributed by atoms with Gasteiger partial charge in [-0.1, -0.05) is 78.6 Å². The van der Waals surface area contributed by atoms with Crippen molar-refractivity contribution in [1.82, 2.24) is 0 Å². The Morgan fingerprint density at radius 1 is 0.784 bits per heavy atom. The van der Waals surface area contributed by atoms with Crippen molar-refractivity contribution in [2.24, 2.45) is 0 Å². The van der Waals surface area contributed by atoms with Crippen LogP contribution in [0.25, 0.3) is 21.2 Å². The molecule has 0 N–H and O–H groups in total. The van der Waals surface area contributed by atoms with Gasteiger partial charge in [-0.3, -0.25) is 0 Å². The van der Waals surface area contributed by atoms with Crippen LogP contribution in [0, 0.1) is 0 Å². The Morgan fingerprint density at radius 2 is 1.43 bits per heavy atom. The Labute approximate surface area is 228 Å². The van der Waals surface area contributed by atoms with E-state index in [1.54, 1.807) is 0 Å². The van der Waals surface area contributed by atoms with Crippen LogP contribution in [-0.2, 0) is 10.8 Å². The van der Waals surface area contributed by atoms with Crippen LogP contribution in [0.2, 0.25) is 0 Å². The average molecular weight is 510 g/mol. The fraction of sp³-hybridized carbons (Fsp3) is 0.429. The second kappa shape index (κ2) is 9.31. The van der Waals surface area contributed by atoms with Crippen molar-refractivity contribution in [1.29, 1.82) is 0 Å². The van der Waals surface area contributed by atoms with Gasteiger partial charge in [-0.25, -0.2) is 0 Å². The van der Waals surface area contributed by atoms with E-state index in [0.29, 0.717) is 0 Å². The van der Waals surface area contributed by atoms with Crippen molar-refractivity contribution in [2.45, 2.75) is 97.4 Å². The number of unbranched alkanes of at least 4 members (excludes halogenated alkanes) is 1. The molecule has 0 saturated heterocycles. The molecule has 0 fully saturated rings. The molecular formula is C35H43NS. The molecule has 1 heterocycles. The van der Waals surface area contributed by atoms with Crippen LogP contribution in [0.1, 0.15) is 97.8 Å². The maximum atomic E-state index is 2.60. The summed E-state index contributed by atoms with van der Waals surface area (Å²) < 4.78 is 1.35. The molecule has 0 saturated carbocycles. The van der Waals surface area contributed by atoms with Gasteiger partial charge in [-0.2, -0.15) is 0 Å². The number of hydrogen-bond donors (Lipinski definition) is 0. The van der Waals surface area contributed by atoms with E-state index in [2.05, 4.69) is 126 Å². The fourth-order valence-electron chi connectivity index (χ4n) is 6.15. The first-order valence-corrected chi connectivity index (χ1v) is 14.9. The van der Waals surface area contributed by atoms with E-state index in [1.165, 1.54) is 62.1 Å². The van der Waals surface area contributed by atoms with E-state index in [9.17, 15) is 0 Å². The SMILES string of the molecule is CCCCC(C)(C)N(c1ccc2c(c1)C(C)(C)c1cc(C(C)(C)CC)ccc1-2)c1ccc2sccc2c1. The molecule has 1 aromatic heterocycles. The first kappa shape index (κ1) is 26.0. The highest BCUT2D eigenvalue weighted by Crippen LogP contribution is 2.52. The summed E-state index contributed by atoms with van der Waals surface area (Å²) in [5.41, 5.74) is 9.89. The highest BCUT2D eigenvalue weighted by atomic mass is 32.1. The normalized spacial score (nSPS) is 14.6. The van der Waals surface area contributed by atoms with Gasteiger partial charge in [-0.05, 0) is 107 Å². The van der Waals surface area contributed by atoms with Gasteiger partial charge >= 0.3 is 0 Å². The summed E-state index contributed by atoms with van der Waals surface area (Å²) in [6, 6.07) is 23.7. The molecule has 2 heteroatoms. The van der Waals surface area contributed by atoms with Gasteiger partial charge in [0.2, 0.25) is 0 Å². The highest BCUT2D eigenvalue weighted by Gasteiger charge is 2.38. The highest BCUT2D eigenvalue weighted by molar-refractivity contribution is 7.17. The maximum absolute atomic E-state index is 2.60. The summed E-state index contributed by atoms with van der Waals surface area (Å²) in [6.07, 6.45) is 4.73. The molecular weight excluding hydrogens is 466 g/mol. The minimum Gasteiger partial charge on any atom is -0.336 e. The first-order valence-electron chi connectivity index (χ1n) is 14.1. The van der Waals surface area contributed by atoms with Crippen LogP contribution in [0.15, 0.2) is 66.0 Å². The minimum atomic E-state index is -0.0307. The predicted molar refractivity (Wildman–Crippen MR) is 165 cm³/mol. The summed E-state index contributed by atoms with van der Waals surface area (Å²) in [7, 11) is 0. The minimum absolute atomic E-state index is 0.00185. The van der Waals surface area contributed by atoms with E-state index in [4.69, 9.17) is 0 Å². The molecule has 0 bridgehead atoms. The molecule has 1 nitrogen and oxygen atoms in total. The monoisotopic (exact) mass is 509 g/mol. The summed E-state index contributed by atoms with van der Waals surface area (Å²) in [5.74, 6) is 0. The molecule has 5 rings (SSSR count). The van der Waals surface area contributed by atoms with E-state index in [0.717, 1.165) is 12.8 Å². The quantitative estimate of drug-likeness (QED) is 0.228. The Balaban J connectivity index is 1.64. The van der Waals surface area contributed by atoms with Crippen LogP contribution in [0.3, 0.4) is 0 Å². The molecule has 194 valence electrons. The largest absolute Gasteiger partial charge is 0.336 e. The molecule has 1 aliphatic rings. The third-order valence-electron chi connectivity index (χ3n) is 9.02. The third kappa shape index (κ3) is 4.42. The molecule has 0 amide bonds. The van der Waals surface area contributed by atoms with E-state index < -0.39 is 0 Å². The maximum Gasteiger partial charge on any atom is 0.0423 e. The van der Waals surface area contributed by atoms with Gasteiger partial charge < -0.3 is 4.90 Å². The number of hydrogen-bond acceptors (Lipinski definition) is 2. The van der Waals surface area contributed by atoms with Gasteiger partial charge in [-0.15, -0.1) is 11.3 Å². The lowest BCUT2D eigenvalue weighted by Crippen LogP contribution is -2.40. The Morgan fingerprint density at radius 3 is 2.14 bits per heavy atom. The number of nitrogens with zero attached hydrogens (tertiary/aromatic N) is 1. The van der Waals surface area contributed by atoms with E-state index >= 15 is 0 Å². The van der Waals surface area contributed by atoms with Gasteiger partial charge in [0.1, 0.15) is 0 Å². The summed E-state index contributed by atoms with van der Waals surface area (Å²) in [4.78, 5) is 2.60. The first-order chi connectivity index (χ1) is 17.5. The van der Waals surface area contributed by atoms with E-state index in [1.807, 2.05) is 11.3 Å². The van der Waals surface area contributed by atoms with Gasteiger partial charge in [0, 0.05) is 27.0 Å². The average Bonchev–Trinajstić information content (AvgIpc) is 3.43. The van der Waals surface area contributed by atoms with Crippen LogP contribution in [-0.4, -0.2) is 5.54 Å². The van der Waals surface area contributed by atoms with Crippen LogP contribution >= 0.6 is 11.3 Å². The van der Waals surface area contributed by atoms with Crippen molar-refractivity contribution >= 4 is 32.8 Å². The van der Waals surface area contributed by atoms with Crippen LogP contribution in [0.5, 0.6) is 0 Å². The Hall–Kier alpha value is -2.58. The van der Waals surface area contributed by atoms with Crippen molar-refractivity contribution in [3.8, 4) is 11.1 Å². The molecule has 37 heavy (non-hydrogen) atoms. The zero-order valence-corrected chi connectivity index (χ0v) is 24.9. The lowest BCUT2D eigenvalue weighted by molar-refractivity contribution is 0.446. The second-order valence-corrected chi connectivity index (χ2v) is 13.7. The van der Waals surface area contributed by atoms with Gasteiger partial charge in [0.05, 0.1) is 0 Å². The predicted octanol–water partition coefficient (Wildman–Crippen LogP) is 11.0. The standard InChI is InChI=1S/C35H43NS/c1-9-11-19-34(5,6)36(26-14-17-32-24(21-26)18-20-37-32)27-13-16-29-28-15-12-25(33(3,4)10-2)22-30(28)35(7,8)31(29)23-27/h12-18,20-23H,9-11,19H2,1-8H3. The zero-order valence-electron chi connectivity index (χ0n) is 24.0. The fourth-order valence-corrected chi connectivity index (χ4v) is 6.92. The summed E-state index contributed by atoms with van der Waals surface area (Å²) in [6.45, 7) is 19.0. The molecule has 3 aromatic carbocycles. The van der Waals surface area contributed by atoms with Crippen molar-refractivity contribution in [2.75, 3.05) is 4.90 Å². The van der Waals surface area contributed by atoms with Crippen molar-refractivity contribution in [3.63, 3.8) is 0 Å². The lowest BCUT2D eigenvalue weighted by atomic mass is 9.77. The Bertz CT molecular complexity index is 1430. The number of benzene rings is 3. The smallest absolute Gasteiger partial charge is 0.0423 e. The molecule has 4 aromatic rings. The molecule has 0 spiro atoms. The number of anilines is 2. The van der Waals surface area contributed by atoms with Crippen LogP contribution < -0.4 is 4.90 Å². The zero-order chi connectivity index (χ0) is 26.6. The van der Waals surface area contributed by atoms with Crippen molar-refractivity contribution < 1.29 is 0 Å². The molecule has 1 aliphatic carbocycles. The van der Waals surface area contributed by atoms with Gasteiger partial charge in [0.15, 0.2) is 0 Å². The second-order valence-electron chi connectivity index (χ2n) is 12.7.